The molecule has 8 heteroatoms. The third-order valence-electron chi connectivity index (χ3n) is 8.21. The van der Waals surface area contributed by atoms with Gasteiger partial charge in [-0.2, -0.15) is 0 Å². The lowest BCUT2D eigenvalue weighted by Gasteiger charge is -2.34. The number of sulfonamides is 1. The zero-order chi connectivity index (χ0) is 30.1. The fourth-order valence-corrected chi connectivity index (χ4v) is 7.00. The fourth-order valence-electron chi connectivity index (χ4n) is 5.57. The van der Waals surface area contributed by atoms with E-state index < -0.39 is 28.5 Å². The molecule has 0 unspecified atom stereocenters. The number of hydrogen-bond acceptors (Lipinski definition) is 4. The number of amides is 2. The number of anilines is 1. The molecule has 0 heterocycles. The minimum Gasteiger partial charge on any atom is -0.352 e. The lowest BCUT2D eigenvalue weighted by molar-refractivity contribution is -0.140. The van der Waals surface area contributed by atoms with Crippen molar-refractivity contribution in [3.05, 3.63) is 95.6 Å². The number of rotatable bonds is 12. The normalized spacial score (nSPS) is 14.6. The molecule has 0 saturated heterocycles. The van der Waals surface area contributed by atoms with Gasteiger partial charge < -0.3 is 10.2 Å². The van der Waals surface area contributed by atoms with Crippen LogP contribution in [0.1, 0.15) is 62.1 Å². The van der Waals surface area contributed by atoms with Gasteiger partial charge in [-0.25, -0.2) is 8.42 Å². The van der Waals surface area contributed by atoms with Crippen LogP contribution in [-0.4, -0.2) is 50.3 Å². The Labute approximate surface area is 251 Å². The van der Waals surface area contributed by atoms with Crippen LogP contribution in [0.2, 0.25) is 0 Å². The molecule has 224 valence electrons. The van der Waals surface area contributed by atoms with E-state index in [1.807, 2.05) is 57.2 Å². The minimum atomic E-state index is -4.07. The third-order valence-corrected chi connectivity index (χ3v) is 10.00. The molecule has 0 aromatic heterocycles. The average molecular weight is 590 g/mol. The van der Waals surface area contributed by atoms with Gasteiger partial charge in [0.2, 0.25) is 11.8 Å². The molecule has 42 heavy (non-hydrogen) atoms. The highest BCUT2D eigenvalue weighted by molar-refractivity contribution is 7.92. The summed E-state index contributed by atoms with van der Waals surface area (Å²) in [5.74, 6) is -0.580. The Morgan fingerprint density at radius 2 is 1.52 bits per heavy atom. The van der Waals surface area contributed by atoms with Crippen molar-refractivity contribution in [3.63, 3.8) is 0 Å². The van der Waals surface area contributed by atoms with Crippen molar-refractivity contribution in [2.45, 2.75) is 82.7 Å². The maximum Gasteiger partial charge on any atom is 0.264 e. The summed E-state index contributed by atoms with van der Waals surface area (Å²) in [5, 5.41) is 3.19. The zero-order valence-corrected chi connectivity index (χ0v) is 25.8. The predicted octanol–water partition coefficient (Wildman–Crippen LogP) is 5.80. The average Bonchev–Trinajstić information content (AvgIpc) is 3.00. The van der Waals surface area contributed by atoms with Crippen LogP contribution < -0.4 is 9.62 Å². The molecule has 1 aliphatic rings. The highest BCUT2D eigenvalue weighted by atomic mass is 32.2. The van der Waals surface area contributed by atoms with Gasteiger partial charge in [-0.15, -0.1) is 0 Å². The number of carbonyl (C=O) groups is 2. The van der Waals surface area contributed by atoms with Gasteiger partial charge in [0, 0.05) is 12.6 Å². The smallest absolute Gasteiger partial charge is 0.264 e. The van der Waals surface area contributed by atoms with Crippen molar-refractivity contribution < 1.29 is 18.0 Å². The van der Waals surface area contributed by atoms with E-state index in [0.29, 0.717) is 25.1 Å². The summed E-state index contributed by atoms with van der Waals surface area (Å²) in [5.41, 5.74) is 3.41. The SMILES string of the molecule is CC[C@H](C(=O)NC1CCCCC1)N(CCc1ccccc1)C(=O)CN(c1ccc(C)c(C)c1)S(=O)(=O)c1ccccc1. The lowest BCUT2D eigenvalue weighted by atomic mass is 9.95. The van der Waals surface area contributed by atoms with E-state index >= 15 is 0 Å². The Balaban J connectivity index is 1.67. The Hall–Kier alpha value is -3.65. The van der Waals surface area contributed by atoms with Crippen LogP contribution in [0.5, 0.6) is 0 Å². The molecule has 1 fully saturated rings. The number of nitrogens with one attached hydrogen (secondary N) is 1. The highest BCUT2D eigenvalue weighted by Gasteiger charge is 2.34. The van der Waals surface area contributed by atoms with Gasteiger partial charge in [-0.05, 0) is 80.5 Å². The van der Waals surface area contributed by atoms with Gasteiger partial charge >= 0.3 is 0 Å². The first-order chi connectivity index (χ1) is 20.2. The van der Waals surface area contributed by atoms with Crippen LogP contribution in [0.15, 0.2) is 83.8 Å². The van der Waals surface area contributed by atoms with Crippen LogP contribution >= 0.6 is 0 Å². The molecular formula is C34H43N3O4S. The Kier molecular flexibility index (Phi) is 10.8. The first-order valence-electron chi connectivity index (χ1n) is 15.0. The van der Waals surface area contributed by atoms with Crippen LogP contribution in [-0.2, 0) is 26.0 Å². The molecule has 3 aromatic carbocycles. The highest BCUT2D eigenvalue weighted by Crippen LogP contribution is 2.26. The van der Waals surface area contributed by atoms with E-state index in [-0.39, 0.29) is 16.8 Å². The second-order valence-electron chi connectivity index (χ2n) is 11.2. The molecule has 1 aliphatic carbocycles. The third kappa shape index (κ3) is 7.79. The summed E-state index contributed by atoms with van der Waals surface area (Å²) < 4.78 is 29.1. The number of hydrogen-bond donors (Lipinski definition) is 1. The van der Waals surface area contributed by atoms with E-state index in [1.54, 1.807) is 35.2 Å². The number of benzene rings is 3. The second kappa shape index (κ2) is 14.5. The maximum atomic E-state index is 14.2. The van der Waals surface area contributed by atoms with Crippen LogP contribution in [0, 0.1) is 13.8 Å². The Morgan fingerprint density at radius 1 is 0.881 bits per heavy atom. The topological polar surface area (TPSA) is 86.8 Å². The summed E-state index contributed by atoms with van der Waals surface area (Å²) in [7, 11) is -4.07. The Bertz CT molecular complexity index is 1440. The first kappa shape index (κ1) is 31.3. The molecule has 0 radical (unpaired) electrons. The molecule has 7 nitrogen and oxygen atoms in total. The summed E-state index contributed by atoms with van der Waals surface area (Å²) in [6, 6.07) is 22.8. The quantitative estimate of drug-likeness (QED) is 0.289. The molecule has 3 aromatic rings. The minimum absolute atomic E-state index is 0.106. The largest absolute Gasteiger partial charge is 0.352 e. The van der Waals surface area contributed by atoms with Gasteiger partial charge in [0.1, 0.15) is 12.6 Å². The van der Waals surface area contributed by atoms with Crippen molar-refractivity contribution in [1.82, 2.24) is 10.2 Å². The standard InChI is InChI=1S/C34H43N3O4S/c1-4-32(34(39)35-29-16-10-6-11-17-29)36(23-22-28-14-8-5-9-15-28)33(38)25-37(30-21-20-26(2)27(3)24-30)42(40,41)31-18-12-7-13-19-31/h5,7-9,12-15,18-21,24,29,32H,4,6,10-11,16-17,22-23,25H2,1-3H3,(H,35,39)/t32-/m1/s1. The summed E-state index contributed by atoms with van der Waals surface area (Å²) in [6.45, 7) is 5.66. The van der Waals surface area contributed by atoms with Crippen molar-refractivity contribution >= 4 is 27.5 Å². The fraction of sp³-hybridized carbons (Fsp3) is 0.412. The van der Waals surface area contributed by atoms with Gasteiger partial charge in [-0.1, -0.05) is 80.8 Å². The van der Waals surface area contributed by atoms with E-state index in [2.05, 4.69) is 5.32 Å². The van der Waals surface area contributed by atoms with Gasteiger partial charge in [0.05, 0.1) is 10.6 Å². The molecule has 0 bridgehead atoms. The van der Waals surface area contributed by atoms with Gasteiger partial charge in [0.15, 0.2) is 0 Å². The number of aryl methyl sites for hydroxylation is 2. The number of nitrogens with zero attached hydrogens (tertiary/aromatic N) is 2. The Morgan fingerprint density at radius 3 is 2.14 bits per heavy atom. The molecular weight excluding hydrogens is 546 g/mol. The molecule has 4 rings (SSSR count). The van der Waals surface area contributed by atoms with Crippen molar-refractivity contribution in [1.29, 1.82) is 0 Å². The van der Waals surface area contributed by atoms with Crippen LogP contribution in [0.4, 0.5) is 5.69 Å². The van der Waals surface area contributed by atoms with Crippen molar-refractivity contribution in [3.8, 4) is 0 Å². The molecule has 0 aliphatic heterocycles. The zero-order valence-electron chi connectivity index (χ0n) is 25.0. The molecule has 1 atom stereocenters. The predicted molar refractivity (Wildman–Crippen MR) is 168 cm³/mol. The molecule has 2 amide bonds. The molecule has 1 saturated carbocycles. The number of carbonyl (C=O) groups excluding carboxylic acids is 2. The van der Waals surface area contributed by atoms with Gasteiger partial charge in [0.25, 0.3) is 10.0 Å². The van der Waals surface area contributed by atoms with Crippen LogP contribution in [0.25, 0.3) is 0 Å². The van der Waals surface area contributed by atoms with E-state index in [9.17, 15) is 18.0 Å². The van der Waals surface area contributed by atoms with Crippen molar-refractivity contribution in [2.75, 3.05) is 17.4 Å². The summed E-state index contributed by atoms with van der Waals surface area (Å²) >= 11 is 0. The molecule has 0 spiro atoms. The first-order valence-corrected chi connectivity index (χ1v) is 16.4. The summed E-state index contributed by atoms with van der Waals surface area (Å²) in [6.07, 6.45) is 6.20. The van der Waals surface area contributed by atoms with E-state index in [4.69, 9.17) is 0 Å². The van der Waals surface area contributed by atoms with E-state index in [0.717, 1.165) is 42.4 Å². The lowest BCUT2D eigenvalue weighted by Crippen LogP contribution is -2.54. The van der Waals surface area contributed by atoms with Crippen LogP contribution in [0.3, 0.4) is 0 Å². The monoisotopic (exact) mass is 589 g/mol. The molecule has 1 N–H and O–H groups in total. The summed E-state index contributed by atoms with van der Waals surface area (Å²) in [4.78, 5) is 29.5. The van der Waals surface area contributed by atoms with E-state index in [1.165, 1.54) is 22.9 Å². The second-order valence-corrected chi connectivity index (χ2v) is 13.0. The maximum absolute atomic E-state index is 14.2. The van der Waals surface area contributed by atoms with Gasteiger partial charge in [-0.3, -0.25) is 13.9 Å². The van der Waals surface area contributed by atoms with Crippen molar-refractivity contribution in [2.24, 2.45) is 0 Å².